The van der Waals surface area contributed by atoms with Crippen molar-refractivity contribution >= 4 is 11.8 Å². The highest BCUT2D eigenvalue weighted by atomic mass is 16.8. The molecule has 23 heavy (non-hydrogen) atoms. The lowest BCUT2D eigenvalue weighted by atomic mass is 9.89. The van der Waals surface area contributed by atoms with Gasteiger partial charge >= 0.3 is 5.97 Å². The molecule has 0 bridgehead atoms. The normalized spacial score (nSPS) is 43.4. The van der Waals surface area contributed by atoms with Gasteiger partial charge in [0, 0.05) is 6.42 Å². The van der Waals surface area contributed by atoms with Crippen molar-refractivity contribution in [3.8, 4) is 0 Å². The summed E-state index contributed by atoms with van der Waals surface area (Å²) in [6, 6.07) is 0. The van der Waals surface area contributed by atoms with Crippen LogP contribution in [0.15, 0.2) is 0 Å². The maximum atomic E-state index is 12.4. The minimum atomic E-state index is -1.55. The van der Waals surface area contributed by atoms with Crippen LogP contribution in [0.2, 0.25) is 0 Å². The Hall–Kier alpha value is -1.06. The van der Waals surface area contributed by atoms with Crippen LogP contribution in [-0.2, 0) is 33.3 Å². The van der Waals surface area contributed by atoms with Crippen LogP contribution in [0.4, 0.5) is 0 Å². The number of carbonyl (C=O) groups is 2. The van der Waals surface area contributed by atoms with Crippen LogP contribution in [-0.4, -0.2) is 66.6 Å². The molecule has 0 aromatic heterocycles. The molecule has 3 aliphatic heterocycles. The van der Waals surface area contributed by atoms with Crippen molar-refractivity contribution in [1.29, 1.82) is 0 Å². The van der Waals surface area contributed by atoms with Crippen molar-refractivity contribution in [2.24, 2.45) is 5.92 Å². The third-order valence-corrected chi connectivity index (χ3v) is 4.76. The number of hydrogen-bond acceptors (Lipinski definition) is 8. The van der Waals surface area contributed by atoms with Crippen molar-refractivity contribution in [3.05, 3.63) is 0 Å². The second-order valence-corrected chi connectivity index (χ2v) is 6.79. The van der Waals surface area contributed by atoms with E-state index in [0.717, 1.165) is 7.11 Å². The number of aliphatic hydroxyl groups excluding tert-OH is 1. The lowest BCUT2D eigenvalue weighted by molar-refractivity contribution is -0.232. The molecular formula is C15H22O8. The second kappa shape index (κ2) is 5.49. The number of aliphatic hydroxyl groups is 1. The second-order valence-electron chi connectivity index (χ2n) is 6.79. The molecule has 3 heterocycles. The van der Waals surface area contributed by atoms with Crippen LogP contribution < -0.4 is 0 Å². The van der Waals surface area contributed by atoms with E-state index in [2.05, 4.69) is 4.74 Å². The number of fused-ring (bicyclic) bond motifs is 3. The first-order valence-electron chi connectivity index (χ1n) is 7.61. The van der Waals surface area contributed by atoms with Gasteiger partial charge in [-0.1, -0.05) is 0 Å². The Balaban J connectivity index is 1.80. The van der Waals surface area contributed by atoms with Crippen molar-refractivity contribution in [3.63, 3.8) is 0 Å². The lowest BCUT2D eigenvalue weighted by Gasteiger charge is -2.33. The summed E-state index contributed by atoms with van der Waals surface area (Å²) in [5, 5.41) is 9.98. The van der Waals surface area contributed by atoms with Gasteiger partial charge in [-0.15, -0.1) is 0 Å². The largest absolute Gasteiger partial charge is 0.467 e. The number of methoxy groups -OCH3 is 1. The summed E-state index contributed by atoms with van der Waals surface area (Å²) in [6.07, 6.45) is -3.19. The number of Topliss-reactive ketones (excluding diaryl/α,β-unsaturated/α-hetero) is 1. The molecule has 0 aromatic rings. The van der Waals surface area contributed by atoms with E-state index in [0.29, 0.717) is 0 Å². The summed E-state index contributed by atoms with van der Waals surface area (Å²) in [5.74, 6) is -2.95. The Labute approximate surface area is 134 Å². The van der Waals surface area contributed by atoms with Gasteiger partial charge in [0.25, 0.3) is 0 Å². The smallest absolute Gasteiger partial charge is 0.335 e. The number of hydrogen-bond donors (Lipinski definition) is 1. The minimum Gasteiger partial charge on any atom is -0.467 e. The Bertz CT molecular complexity index is 518. The predicted molar refractivity (Wildman–Crippen MR) is 74.2 cm³/mol. The van der Waals surface area contributed by atoms with Crippen LogP contribution in [0.3, 0.4) is 0 Å². The van der Waals surface area contributed by atoms with Gasteiger partial charge in [-0.3, -0.25) is 4.79 Å². The molecule has 130 valence electrons. The summed E-state index contributed by atoms with van der Waals surface area (Å²) < 4.78 is 27.7. The van der Waals surface area contributed by atoms with Gasteiger partial charge in [-0.05, 0) is 20.8 Å². The zero-order valence-electron chi connectivity index (χ0n) is 13.6. The molecule has 6 atom stereocenters. The van der Waals surface area contributed by atoms with Gasteiger partial charge in [0.2, 0.25) is 0 Å². The molecule has 0 aromatic carbocycles. The minimum absolute atomic E-state index is 0.00930. The highest BCUT2D eigenvalue weighted by molar-refractivity contribution is 5.88. The fraction of sp³-hybridized carbons (Fsp3) is 0.867. The Morgan fingerprint density at radius 1 is 1.35 bits per heavy atom. The highest BCUT2D eigenvalue weighted by Gasteiger charge is 2.64. The zero-order chi connectivity index (χ0) is 17.0. The first-order chi connectivity index (χ1) is 10.7. The van der Waals surface area contributed by atoms with Gasteiger partial charge < -0.3 is 28.8 Å². The standard InChI is InChI=1S/C15H22O8/c1-14(2)22-11-13(23-14)21-9-5-8(16)7(6-20-15(9,11)3)10(17)12(18)19-4/h7,9-11,13,17H,5-6H2,1-4H3/t7?,9-,10?,11+,13-,15-/m1/s1. The Morgan fingerprint density at radius 3 is 2.70 bits per heavy atom. The molecule has 0 amide bonds. The van der Waals surface area contributed by atoms with Crippen LogP contribution >= 0.6 is 0 Å². The van der Waals surface area contributed by atoms with E-state index in [1.165, 1.54) is 0 Å². The number of ether oxygens (including phenoxy) is 5. The van der Waals surface area contributed by atoms with Gasteiger partial charge in [0.05, 0.1) is 25.7 Å². The van der Waals surface area contributed by atoms with Crippen molar-refractivity contribution in [1.82, 2.24) is 0 Å². The molecule has 3 saturated heterocycles. The van der Waals surface area contributed by atoms with Crippen LogP contribution in [0.25, 0.3) is 0 Å². The lowest BCUT2D eigenvalue weighted by Crippen LogP contribution is -2.48. The molecular weight excluding hydrogens is 308 g/mol. The molecule has 3 fully saturated rings. The Kier molecular flexibility index (Phi) is 4.01. The first kappa shape index (κ1) is 16.8. The Morgan fingerprint density at radius 2 is 2.04 bits per heavy atom. The summed E-state index contributed by atoms with van der Waals surface area (Å²) in [7, 11) is 1.16. The van der Waals surface area contributed by atoms with E-state index in [9.17, 15) is 14.7 Å². The number of esters is 1. The third kappa shape index (κ3) is 2.68. The molecule has 2 unspecified atom stereocenters. The fourth-order valence-electron chi connectivity index (χ4n) is 3.37. The van der Waals surface area contributed by atoms with E-state index in [-0.39, 0.29) is 18.8 Å². The predicted octanol–water partition coefficient (Wildman–Crippen LogP) is -0.239. The summed E-state index contributed by atoms with van der Waals surface area (Å²) in [6.45, 7) is 5.24. The van der Waals surface area contributed by atoms with Gasteiger partial charge in [0.1, 0.15) is 17.5 Å². The number of carbonyl (C=O) groups excluding carboxylic acids is 2. The van der Waals surface area contributed by atoms with Crippen LogP contribution in [0, 0.1) is 5.92 Å². The van der Waals surface area contributed by atoms with E-state index >= 15 is 0 Å². The van der Waals surface area contributed by atoms with E-state index in [1.807, 2.05) is 0 Å². The number of rotatable bonds is 2. The van der Waals surface area contributed by atoms with Crippen molar-refractivity contribution in [2.75, 3.05) is 13.7 Å². The van der Waals surface area contributed by atoms with Crippen LogP contribution in [0.5, 0.6) is 0 Å². The first-order valence-corrected chi connectivity index (χ1v) is 7.61. The topological polar surface area (TPSA) is 101 Å². The molecule has 0 aliphatic carbocycles. The third-order valence-electron chi connectivity index (χ3n) is 4.76. The van der Waals surface area contributed by atoms with Gasteiger partial charge in [-0.25, -0.2) is 4.79 Å². The summed E-state index contributed by atoms with van der Waals surface area (Å²) in [5.41, 5.74) is -0.890. The quantitative estimate of drug-likeness (QED) is 0.693. The molecule has 8 nitrogen and oxygen atoms in total. The highest BCUT2D eigenvalue weighted by Crippen LogP contribution is 2.47. The number of ketones is 1. The van der Waals surface area contributed by atoms with Gasteiger partial charge in [0.15, 0.2) is 18.2 Å². The molecule has 3 aliphatic rings. The van der Waals surface area contributed by atoms with E-state index in [1.54, 1.807) is 20.8 Å². The fourth-order valence-corrected chi connectivity index (χ4v) is 3.37. The van der Waals surface area contributed by atoms with Gasteiger partial charge in [-0.2, -0.15) is 0 Å². The summed E-state index contributed by atoms with van der Waals surface area (Å²) >= 11 is 0. The molecule has 3 rings (SSSR count). The van der Waals surface area contributed by atoms with Crippen molar-refractivity contribution < 1.29 is 38.4 Å². The average Bonchev–Trinajstić information content (AvgIpc) is 2.85. The van der Waals surface area contributed by atoms with E-state index in [4.69, 9.17) is 18.9 Å². The molecule has 0 saturated carbocycles. The maximum Gasteiger partial charge on any atom is 0.335 e. The zero-order valence-corrected chi connectivity index (χ0v) is 13.6. The molecule has 1 N–H and O–H groups in total. The SMILES string of the molecule is COC(=O)C(O)C1CO[C@]2(C)[C@@H](CC1=O)O[C@@H]1OC(C)(C)O[C@@H]12. The van der Waals surface area contributed by atoms with E-state index < -0.39 is 47.9 Å². The monoisotopic (exact) mass is 330 g/mol. The van der Waals surface area contributed by atoms with Crippen LogP contribution in [0.1, 0.15) is 27.2 Å². The summed E-state index contributed by atoms with van der Waals surface area (Å²) in [4.78, 5) is 23.9. The molecule has 8 heteroatoms. The maximum absolute atomic E-state index is 12.4. The molecule has 0 spiro atoms. The average molecular weight is 330 g/mol. The molecule has 0 radical (unpaired) electrons. The van der Waals surface area contributed by atoms with Crippen molar-refractivity contribution in [2.45, 2.75) is 63.2 Å².